The number of anilines is 1. The maximum Gasteiger partial charge on any atom is 0.227 e. The molecule has 1 fully saturated rings. The second-order valence-electron chi connectivity index (χ2n) is 6.53. The normalized spacial score (nSPS) is 14.3. The van der Waals surface area contributed by atoms with Crippen molar-refractivity contribution in [2.24, 2.45) is 0 Å². The van der Waals surface area contributed by atoms with Gasteiger partial charge in [-0.05, 0) is 23.6 Å². The van der Waals surface area contributed by atoms with Crippen molar-refractivity contribution in [1.29, 1.82) is 0 Å². The fraction of sp³-hybridized carbons (Fsp3) is 0.350. The van der Waals surface area contributed by atoms with Crippen molar-refractivity contribution in [2.45, 2.75) is 12.8 Å². The van der Waals surface area contributed by atoms with E-state index < -0.39 is 0 Å². The first kappa shape index (κ1) is 18.5. The van der Waals surface area contributed by atoms with Crippen LogP contribution in [0.4, 0.5) is 5.69 Å². The Balaban J connectivity index is 1.29. The monoisotopic (exact) mass is 398 g/mol. The molecule has 0 spiro atoms. The van der Waals surface area contributed by atoms with E-state index in [0.717, 1.165) is 29.4 Å². The summed E-state index contributed by atoms with van der Waals surface area (Å²) in [5, 5.41) is 5.96. The second kappa shape index (κ2) is 8.43. The molecule has 0 saturated carbocycles. The average molecular weight is 398 g/mol. The van der Waals surface area contributed by atoms with Gasteiger partial charge in [0.05, 0.1) is 17.7 Å². The zero-order valence-corrected chi connectivity index (χ0v) is 16.5. The van der Waals surface area contributed by atoms with E-state index in [1.807, 2.05) is 40.6 Å². The van der Waals surface area contributed by atoms with Gasteiger partial charge in [0.25, 0.3) is 0 Å². The van der Waals surface area contributed by atoms with Gasteiger partial charge in [0.15, 0.2) is 0 Å². The highest BCUT2D eigenvalue weighted by Gasteiger charge is 2.23. The molecular weight excluding hydrogens is 376 g/mol. The van der Waals surface area contributed by atoms with Crippen LogP contribution in [0.3, 0.4) is 0 Å². The number of ether oxygens (including phenoxy) is 1. The molecule has 7 nitrogen and oxygen atoms in total. The molecule has 8 heteroatoms. The zero-order chi connectivity index (χ0) is 19.3. The lowest BCUT2D eigenvalue weighted by Crippen LogP contribution is -2.48. The van der Waals surface area contributed by atoms with Gasteiger partial charge >= 0.3 is 0 Å². The van der Waals surface area contributed by atoms with E-state index in [4.69, 9.17) is 9.26 Å². The summed E-state index contributed by atoms with van der Waals surface area (Å²) in [6, 6.07) is 11.9. The molecule has 0 bridgehead atoms. The van der Waals surface area contributed by atoms with E-state index >= 15 is 0 Å². The van der Waals surface area contributed by atoms with E-state index in [2.05, 4.69) is 21.1 Å². The van der Waals surface area contributed by atoms with Gasteiger partial charge in [0.2, 0.25) is 17.6 Å². The number of nitrogens with zero attached hydrogens (tertiary/aromatic N) is 4. The van der Waals surface area contributed by atoms with E-state index in [-0.39, 0.29) is 5.91 Å². The van der Waals surface area contributed by atoms with Gasteiger partial charge in [-0.3, -0.25) is 4.79 Å². The molecule has 3 aromatic rings. The van der Waals surface area contributed by atoms with Crippen molar-refractivity contribution in [2.75, 3.05) is 38.2 Å². The fourth-order valence-corrected chi connectivity index (χ4v) is 3.97. The Bertz CT molecular complexity index is 917. The van der Waals surface area contributed by atoms with Crippen LogP contribution in [-0.2, 0) is 11.2 Å². The number of hydrogen-bond acceptors (Lipinski definition) is 7. The molecule has 1 saturated heterocycles. The number of methoxy groups -OCH3 is 1. The summed E-state index contributed by atoms with van der Waals surface area (Å²) in [4.78, 5) is 22.1. The number of hydrogen-bond donors (Lipinski definition) is 0. The molecule has 1 amide bonds. The standard InChI is InChI=1S/C20H22N4O3S/c1-26-16-6-3-2-5-15(16)23-10-12-24(13-11-23)19(25)9-8-18-21-20(22-27-18)17-7-4-14-28-17/h2-7,14H,8-13H2,1H3. The van der Waals surface area contributed by atoms with E-state index in [9.17, 15) is 4.79 Å². The lowest BCUT2D eigenvalue weighted by molar-refractivity contribution is -0.131. The van der Waals surface area contributed by atoms with Gasteiger partial charge in [0.1, 0.15) is 5.75 Å². The van der Waals surface area contributed by atoms with Gasteiger partial charge in [-0.15, -0.1) is 11.3 Å². The highest BCUT2D eigenvalue weighted by atomic mass is 32.1. The number of aryl methyl sites for hydroxylation is 1. The van der Waals surface area contributed by atoms with Crippen LogP contribution in [0, 0.1) is 0 Å². The summed E-state index contributed by atoms with van der Waals surface area (Å²) < 4.78 is 10.7. The summed E-state index contributed by atoms with van der Waals surface area (Å²) in [6.07, 6.45) is 0.838. The first-order valence-electron chi connectivity index (χ1n) is 9.27. The van der Waals surface area contributed by atoms with Gasteiger partial charge in [-0.1, -0.05) is 23.4 Å². The Hall–Kier alpha value is -2.87. The molecule has 2 aromatic heterocycles. The second-order valence-corrected chi connectivity index (χ2v) is 7.48. The number of benzene rings is 1. The molecule has 0 radical (unpaired) electrons. The fourth-order valence-electron chi connectivity index (χ4n) is 3.32. The molecule has 1 aromatic carbocycles. The minimum absolute atomic E-state index is 0.121. The van der Waals surface area contributed by atoms with E-state index in [0.29, 0.717) is 37.6 Å². The van der Waals surface area contributed by atoms with Crippen LogP contribution in [0.2, 0.25) is 0 Å². The Morgan fingerprint density at radius 3 is 2.75 bits per heavy atom. The zero-order valence-electron chi connectivity index (χ0n) is 15.7. The maximum atomic E-state index is 12.6. The van der Waals surface area contributed by atoms with Crippen LogP contribution < -0.4 is 9.64 Å². The Labute approximate surface area is 167 Å². The van der Waals surface area contributed by atoms with Crippen LogP contribution in [0.15, 0.2) is 46.3 Å². The minimum atomic E-state index is 0.121. The maximum absolute atomic E-state index is 12.6. The average Bonchev–Trinajstić information content (AvgIpc) is 3.44. The molecule has 146 valence electrons. The molecule has 1 aliphatic rings. The molecule has 28 heavy (non-hydrogen) atoms. The largest absolute Gasteiger partial charge is 0.495 e. The molecule has 0 unspecified atom stereocenters. The van der Waals surface area contributed by atoms with Gasteiger partial charge in [-0.2, -0.15) is 4.98 Å². The molecule has 1 aliphatic heterocycles. The van der Waals surface area contributed by atoms with E-state index in [1.165, 1.54) is 0 Å². The molecule has 0 aliphatic carbocycles. The Morgan fingerprint density at radius 1 is 1.18 bits per heavy atom. The van der Waals surface area contributed by atoms with Crippen molar-refractivity contribution in [3.63, 3.8) is 0 Å². The summed E-state index contributed by atoms with van der Waals surface area (Å²) >= 11 is 1.56. The molecule has 3 heterocycles. The number of thiophene rings is 1. The number of piperazine rings is 1. The lowest BCUT2D eigenvalue weighted by atomic mass is 10.2. The van der Waals surface area contributed by atoms with Gasteiger partial charge in [-0.25, -0.2) is 0 Å². The van der Waals surface area contributed by atoms with Crippen LogP contribution in [-0.4, -0.2) is 54.2 Å². The summed E-state index contributed by atoms with van der Waals surface area (Å²) in [7, 11) is 1.68. The van der Waals surface area contributed by atoms with Crippen LogP contribution in [0.25, 0.3) is 10.7 Å². The molecule has 0 N–H and O–H groups in total. The SMILES string of the molecule is COc1ccccc1N1CCN(C(=O)CCc2nc(-c3cccs3)no2)CC1. The molecule has 4 rings (SSSR count). The smallest absolute Gasteiger partial charge is 0.227 e. The number of para-hydroxylation sites is 2. The van der Waals surface area contributed by atoms with Crippen LogP contribution >= 0.6 is 11.3 Å². The van der Waals surface area contributed by atoms with Gasteiger partial charge in [0, 0.05) is 39.0 Å². The van der Waals surface area contributed by atoms with Crippen LogP contribution in [0.5, 0.6) is 5.75 Å². The first-order valence-corrected chi connectivity index (χ1v) is 10.1. The third-order valence-electron chi connectivity index (χ3n) is 4.82. The third-order valence-corrected chi connectivity index (χ3v) is 5.69. The predicted octanol–water partition coefficient (Wildman–Crippen LogP) is 3.09. The third kappa shape index (κ3) is 4.01. The number of rotatable bonds is 6. The van der Waals surface area contributed by atoms with Crippen molar-refractivity contribution in [3.05, 3.63) is 47.7 Å². The van der Waals surface area contributed by atoms with Crippen molar-refractivity contribution < 1.29 is 14.1 Å². The highest BCUT2D eigenvalue weighted by molar-refractivity contribution is 7.13. The summed E-state index contributed by atoms with van der Waals surface area (Å²) in [5.41, 5.74) is 1.07. The number of carbonyl (C=O) groups is 1. The summed E-state index contributed by atoms with van der Waals surface area (Å²) in [5.74, 6) is 2.07. The highest BCUT2D eigenvalue weighted by Crippen LogP contribution is 2.28. The number of aromatic nitrogens is 2. The number of carbonyl (C=O) groups excluding carboxylic acids is 1. The van der Waals surface area contributed by atoms with Crippen molar-refractivity contribution in [1.82, 2.24) is 15.0 Å². The lowest BCUT2D eigenvalue weighted by Gasteiger charge is -2.36. The first-order chi connectivity index (χ1) is 13.7. The van der Waals surface area contributed by atoms with E-state index in [1.54, 1.807) is 18.4 Å². The Morgan fingerprint density at radius 2 is 2.00 bits per heavy atom. The topological polar surface area (TPSA) is 71.7 Å². The molecular formula is C20H22N4O3S. The minimum Gasteiger partial charge on any atom is -0.495 e. The van der Waals surface area contributed by atoms with Crippen molar-refractivity contribution >= 4 is 22.9 Å². The van der Waals surface area contributed by atoms with Crippen LogP contribution in [0.1, 0.15) is 12.3 Å². The van der Waals surface area contributed by atoms with Crippen molar-refractivity contribution in [3.8, 4) is 16.5 Å². The van der Waals surface area contributed by atoms with Gasteiger partial charge < -0.3 is 19.1 Å². The predicted molar refractivity (Wildman–Crippen MR) is 108 cm³/mol. The summed E-state index contributed by atoms with van der Waals surface area (Å²) in [6.45, 7) is 2.96. The quantitative estimate of drug-likeness (QED) is 0.635. The number of amides is 1. The molecule has 0 atom stereocenters. The Kier molecular flexibility index (Phi) is 5.57.